The van der Waals surface area contributed by atoms with E-state index in [0.717, 1.165) is 17.9 Å². The first-order chi connectivity index (χ1) is 21.6. The number of hydrogen-bond acceptors (Lipinski definition) is 8. The number of nitrogens with one attached hydrogen (secondary N) is 1. The van der Waals surface area contributed by atoms with Gasteiger partial charge in [-0.15, -0.1) is 0 Å². The summed E-state index contributed by atoms with van der Waals surface area (Å²) in [5, 5.41) is 2.76. The third-order valence-electron chi connectivity index (χ3n) is 7.83. The van der Waals surface area contributed by atoms with Gasteiger partial charge >= 0.3 is 0 Å². The van der Waals surface area contributed by atoms with Crippen LogP contribution in [-0.4, -0.2) is 85.4 Å². The number of ether oxygens (including phenoxy) is 2. The molecule has 2 amide bonds. The van der Waals surface area contributed by atoms with Crippen LogP contribution in [0.4, 0.5) is 5.69 Å². The fourth-order valence-electron chi connectivity index (χ4n) is 5.31. The highest BCUT2D eigenvalue weighted by Gasteiger charge is 2.30. The van der Waals surface area contributed by atoms with Gasteiger partial charge in [0.05, 0.1) is 52.8 Å². The van der Waals surface area contributed by atoms with Crippen LogP contribution in [0.3, 0.4) is 0 Å². The molecule has 3 aromatic carbocycles. The van der Waals surface area contributed by atoms with Gasteiger partial charge in [-0.05, 0) is 61.0 Å². The number of nitrogens with two attached hydrogens (primary N) is 1. The van der Waals surface area contributed by atoms with E-state index in [1.165, 1.54) is 22.5 Å². The number of imidazole rings is 1. The van der Waals surface area contributed by atoms with Crippen molar-refractivity contribution in [3.8, 4) is 11.5 Å². The third kappa shape index (κ3) is 6.95. The van der Waals surface area contributed by atoms with Crippen LogP contribution in [0.5, 0.6) is 11.5 Å². The van der Waals surface area contributed by atoms with Gasteiger partial charge in [0.1, 0.15) is 11.5 Å². The number of hydrogen-bond donors (Lipinski definition) is 2. The lowest BCUT2D eigenvalue weighted by molar-refractivity contribution is 0.100. The first kappa shape index (κ1) is 31.9. The minimum absolute atomic E-state index is 0.0108. The number of primary amides is 1. The molecule has 0 bridgehead atoms. The van der Waals surface area contributed by atoms with Crippen LogP contribution in [-0.2, 0) is 16.6 Å². The van der Waals surface area contributed by atoms with Gasteiger partial charge in [-0.1, -0.05) is 26.0 Å². The fourth-order valence-corrected chi connectivity index (χ4v) is 6.76. The Morgan fingerprint density at radius 2 is 1.78 bits per heavy atom. The van der Waals surface area contributed by atoms with Crippen molar-refractivity contribution in [2.24, 2.45) is 5.73 Å². The zero-order chi connectivity index (χ0) is 32.1. The third-order valence-corrected chi connectivity index (χ3v) is 9.73. The summed E-state index contributed by atoms with van der Waals surface area (Å²) in [5.74, 6) is -0.440. The molecule has 3 N–H and O–H groups in total. The average molecular weight is 635 g/mol. The Morgan fingerprint density at radius 1 is 1.00 bits per heavy atom. The van der Waals surface area contributed by atoms with E-state index in [2.05, 4.69) is 15.2 Å². The van der Waals surface area contributed by atoms with Crippen molar-refractivity contribution in [1.82, 2.24) is 18.8 Å². The normalized spacial score (nSPS) is 14.4. The molecule has 5 rings (SSSR count). The average Bonchev–Trinajstić information content (AvgIpc) is 3.44. The Hall–Kier alpha value is -4.46. The van der Waals surface area contributed by atoms with Crippen LogP contribution >= 0.6 is 0 Å². The number of amides is 2. The zero-order valence-electron chi connectivity index (χ0n) is 25.7. The van der Waals surface area contributed by atoms with Crippen molar-refractivity contribution in [3.05, 3.63) is 77.6 Å². The lowest BCUT2D eigenvalue weighted by atomic mass is 10.1. The highest BCUT2D eigenvalue weighted by molar-refractivity contribution is 7.89. The second kappa shape index (κ2) is 13.7. The summed E-state index contributed by atoms with van der Waals surface area (Å²) in [6.45, 7) is 7.59. The summed E-state index contributed by atoms with van der Waals surface area (Å²) in [4.78, 5) is 33.0. The van der Waals surface area contributed by atoms with E-state index in [1.54, 1.807) is 25.6 Å². The number of fused-ring (bicyclic) bond motifs is 1. The Kier molecular flexibility index (Phi) is 9.71. The van der Waals surface area contributed by atoms with Crippen LogP contribution in [0, 0.1) is 0 Å². The number of carbonyl (C=O) groups excluding carboxylic acids is 2. The predicted octanol–water partition coefficient (Wildman–Crippen LogP) is 3.56. The molecule has 1 aliphatic rings. The van der Waals surface area contributed by atoms with Gasteiger partial charge in [0.2, 0.25) is 10.0 Å². The molecule has 4 aromatic rings. The van der Waals surface area contributed by atoms with E-state index in [0.29, 0.717) is 56.8 Å². The van der Waals surface area contributed by atoms with Gasteiger partial charge in [0.15, 0.2) is 0 Å². The van der Waals surface area contributed by atoms with Gasteiger partial charge in [0, 0.05) is 32.7 Å². The van der Waals surface area contributed by atoms with Crippen molar-refractivity contribution >= 4 is 38.6 Å². The first-order valence-corrected chi connectivity index (χ1v) is 16.3. The lowest BCUT2D eigenvalue weighted by Crippen LogP contribution is -2.48. The van der Waals surface area contributed by atoms with Crippen LogP contribution in [0.15, 0.2) is 65.8 Å². The Morgan fingerprint density at radius 3 is 2.47 bits per heavy atom. The second-order valence-electron chi connectivity index (χ2n) is 10.8. The molecular weight excluding hydrogens is 596 g/mol. The van der Waals surface area contributed by atoms with Gasteiger partial charge in [-0.2, -0.15) is 4.31 Å². The quantitative estimate of drug-likeness (QED) is 0.240. The molecule has 0 unspecified atom stereocenters. The van der Waals surface area contributed by atoms with Crippen LogP contribution in [0.2, 0.25) is 0 Å². The maximum atomic E-state index is 13.8. The Labute approximate surface area is 262 Å². The number of rotatable bonds is 12. The minimum atomic E-state index is -3.86. The van der Waals surface area contributed by atoms with E-state index in [4.69, 9.17) is 15.2 Å². The molecule has 0 atom stereocenters. The summed E-state index contributed by atoms with van der Waals surface area (Å²) in [7, 11) is -2.26. The smallest absolute Gasteiger partial charge is 0.259 e. The number of nitrogens with zero attached hydrogens (tertiary/aromatic N) is 4. The number of benzene rings is 3. The highest BCUT2D eigenvalue weighted by Crippen LogP contribution is 2.29. The monoisotopic (exact) mass is 634 g/mol. The maximum absolute atomic E-state index is 13.8. The summed E-state index contributed by atoms with van der Waals surface area (Å²) in [5.41, 5.74) is 8.16. The fraction of sp³-hybridized carbons (Fsp3) is 0.344. The largest absolute Gasteiger partial charge is 0.497 e. The molecular formula is C32H38N6O6S. The Bertz CT molecular complexity index is 1810. The molecule has 13 heteroatoms. The standard InChI is InChI=1S/C32H38N6O6S/c1-4-15-44-30-10-9-24(45(41,42)38-13-11-36(5-2)12-14-38)17-26(30)32(40)35-27-19-28-29(18-25(27)31(33)39)37(21-34-28)20-22-7-6-8-23(16-22)43-3/h6-10,16-19,21H,4-5,11-15,20H2,1-3H3,(H2,33,39)(H,35,40). The number of likely N-dealkylation sites (N-methyl/N-ethyl adjacent to an activating group) is 1. The van der Waals surface area contributed by atoms with Crippen LogP contribution in [0.25, 0.3) is 11.0 Å². The summed E-state index contributed by atoms with van der Waals surface area (Å²) in [6, 6.07) is 15.1. The SMILES string of the molecule is CCCOc1ccc(S(=O)(=O)N2CCN(CC)CC2)cc1C(=O)Nc1cc2ncn(Cc3cccc(OC)c3)c2cc1C(N)=O. The first-order valence-electron chi connectivity index (χ1n) is 14.9. The maximum Gasteiger partial charge on any atom is 0.259 e. The zero-order valence-corrected chi connectivity index (χ0v) is 26.5. The topological polar surface area (TPSA) is 149 Å². The van der Waals surface area contributed by atoms with Crippen LogP contribution in [0.1, 0.15) is 46.5 Å². The summed E-state index contributed by atoms with van der Waals surface area (Å²) < 4.78 is 41.6. The molecule has 1 aromatic heterocycles. The molecule has 2 heterocycles. The number of carbonyl (C=O) groups is 2. The van der Waals surface area contributed by atoms with E-state index >= 15 is 0 Å². The van der Waals surface area contributed by atoms with Crippen LogP contribution < -0.4 is 20.5 Å². The molecule has 0 saturated carbocycles. The molecule has 0 spiro atoms. The summed E-state index contributed by atoms with van der Waals surface area (Å²) in [6.07, 6.45) is 2.33. The number of anilines is 1. The number of methoxy groups -OCH3 is 1. The predicted molar refractivity (Wildman–Crippen MR) is 171 cm³/mol. The van der Waals surface area contributed by atoms with Gasteiger partial charge < -0.3 is 30.0 Å². The van der Waals surface area contributed by atoms with Gasteiger partial charge in [-0.25, -0.2) is 13.4 Å². The molecule has 0 aliphatic carbocycles. The molecule has 1 fully saturated rings. The van der Waals surface area contributed by atoms with Gasteiger partial charge in [-0.3, -0.25) is 9.59 Å². The minimum Gasteiger partial charge on any atom is -0.497 e. The van der Waals surface area contributed by atoms with E-state index in [1.807, 2.05) is 42.7 Å². The van der Waals surface area contributed by atoms with E-state index in [-0.39, 0.29) is 27.5 Å². The lowest BCUT2D eigenvalue weighted by Gasteiger charge is -2.33. The van der Waals surface area contributed by atoms with Gasteiger partial charge in [0.25, 0.3) is 11.8 Å². The van der Waals surface area contributed by atoms with Crippen molar-refractivity contribution in [2.45, 2.75) is 31.7 Å². The molecule has 1 aliphatic heterocycles. The van der Waals surface area contributed by atoms with E-state index < -0.39 is 21.8 Å². The van der Waals surface area contributed by atoms with Crippen molar-refractivity contribution in [2.75, 3.05) is 51.8 Å². The second-order valence-corrected chi connectivity index (χ2v) is 12.7. The number of piperazine rings is 1. The number of aromatic nitrogens is 2. The summed E-state index contributed by atoms with van der Waals surface area (Å²) >= 11 is 0. The van der Waals surface area contributed by atoms with Crippen molar-refractivity contribution in [1.29, 1.82) is 0 Å². The van der Waals surface area contributed by atoms with E-state index in [9.17, 15) is 18.0 Å². The van der Waals surface area contributed by atoms with Crippen molar-refractivity contribution < 1.29 is 27.5 Å². The highest BCUT2D eigenvalue weighted by atomic mass is 32.2. The molecule has 45 heavy (non-hydrogen) atoms. The molecule has 12 nitrogen and oxygen atoms in total. The number of sulfonamides is 1. The molecule has 0 radical (unpaired) electrons. The molecule has 1 saturated heterocycles. The van der Waals surface area contributed by atoms with Crippen molar-refractivity contribution in [3.63, 3.8) is 0 Å². The molecule has 238 valence electrons. The Balaban J connectivity index is 1.46.